The van der Waals surface area contributed by atoms with E-state index in [1.807, 2.05) is 26.0 Å². The standard InChI is InChI=1S/C18H20N2O3/c1-3-11-19-18(22)20-15-5-4-6-16(12-15)23-17(21)14-9-7-13(2)8-10-14/h4-10,12H,3,11H2,1-2H3,(H2,19,20,22). The van der Waals surface area contributed by atoms with Crippen molar-refractivity contribution in [2.45, 2.75) is 20.3 Å². The molecule has 0 bridgehead atoms. The van der Waals surface area contributed by atoms with Crippen LogP contribution in [0.15, 0.2) is 48.5 Å². The lowest BCUT2D eigenvalue weighted by molar-refractivity contribution is 0.0735. The van der Waals surface area contributed by atoms with Gasteiger partial charge in [0.15, 0.2) is 0 Å². The van der Waals surface area contributed by atoms with Gasteiger partial charge in [0.1, 0.15) is 5.75 Å². The summed E-state index contributed by atoms with van der Waals surface area (Å²) in [6, 6.07) is 13.6. The number of nitrogens with one attached hydrogen (secondary N) is 2. The third kappa shape index (κ3) is 5.14. The number of ether oxygens (including phenoxy) is 1. The van der Waals surface area contributed by atoms with Crippen LogP contribution < -0.4 is 15.4 Å². The van der Waals surface area contributed by atoms with Gasteiger partial charge < -0.3 is 15.4 Å². The van der Waals surface area contributed by atoms with Gasteiger partial charge in [-0.3, -0.25) is 0 Å². The number of benzene rings is 2. The fraction of sp³-hybridized carbons (Fsp3) is 0.222. The number of hydrogen-bond donors (Lipinski definition) is 2. The van der Waals surface area contributed by atoms with Crippen molar-refractivity contribution in [1.82, 2.24) is 5.32 Å². The zero-order chi connectivity index (χ0) is 16.7. The molecule has 0 aromatic heterocycles. The van der Waals surface area contributed by atoms with Crippen LogP contribution >= 0.6 is 0 Å². The summed E-state index contributed by atoms with van der Waals surface area (Å²) >= 11 is 0. The molecule has 0 saturated heterocycles. The summed E-state index contributed by atoms with van der Waals surface area (Å²) in [4.78, 5) is 23.7. The number of aryl methyl sites for hydroxylation is 1. The van der Waals surface area contributed by atoms with Crippen LogP contribution in [0.25, 0.3) is 0 Å². The van der Waals surface area contributed by atoms with Gasteiger partial charge in [0.25, 0.3) is 0 Å². The van der Waals surface area contributed by atoms with E-state index in [2.05, 4.69) is 10.6 Å². The van der Waals surface area contributed by atoms with Gasteiger partial charge in [0.2, 0.25) is 0 Å². The molecule has 0 aliphatic rings. The molecular weight excluding hydrogens is 292 g/mol. The molecule has 0 saturated carbocycles. The first-order chi connectivity index (χ1) is 11.1. The fourth-order valence-electron chi connectivity index (χ4n) is 1.91. The number of rotatable bonds is 5. The fourth-order valence-corrected chi connectivity index (χ4v) is 1.91. The van der Waals surface area contributed by atoms with Gasteiger partial charge in [-0.05, 0) is 37.6 Å². The van der Waals surface area contributed by atoms with Crippen molar-refractivity contribution in [2.75, 3.05) is 11.9 Å². The Bertz CT molecular complexity index is 681. The van der Waals surface area contributed by atoms with E-state index in [1.165, 1.54) is 0 Å². The van der Waals surface area contributed by atoms with Crippen molar-refractivity contribution in [2.24, 2.45) is 0 Å². The van der Waals surface area contributed by atoms with Crippen molar-refractivity contribution in [1.29, 1.82) is 0 Å². The normalized spacial score (nSPS) is 10.0. The summed E-state index contributed by atoms with van der Waals surface area (Å²) in [5.74, 6) is -0.0542. The molecule has 2 aromatic carbocycles. The minimum atomic E-state index is -0.433. The van der Waals surface area contributed by atoms with Crippen LogP contribution in [-0.4, -0.2) is 18.5 Å². The molecular formula is C18H20N2O3. The maximum absolute atomic E-state index is 12.1. The van der Waals surface area contributed by atoms with E-state index in [4.69, 9.17) is 4.74 Å². The Kier molecular flexibility index (Phi) is 5.74. The summed E-state index contributed by atoms with van der Waals surface area (Å²) in [5.41, 5.74) is 2.12. The largest absolute Gasteiger partial charge is 0.423 e. The number of hydrogen-bond acceptors (Lipinski definition) is 3. The first-order valence-electron chi connectivity index (χ1n) is 7.52. The lowest BCUT2D eigenvalue weighted by Crippen LogP contribution is -2.29. The molecule has 0 spiro atoms. The molecule has 0 aliphatic carbocycles. The molecule has 0 aliphatic heterocycles. The third-order valence-electron chi connectivity index (χ3n) is 3.13. The maximum Gasteiger partial charge on any atom is 0.343 e. The highest BCUT2D eigenvalue weighted by Gasteiger charge is 2.09. The summed E-state index contributed by atoms with van der Waals surface area (Å²) < 4.78 is 5.33. The van der Waals surface area contributed by atoms with E-state index >= 15 is 0 Å². The summed E-state index contributed by atoms with van der Waals surface area (Å²) in [7, 11) is 0. The molecule has 0 unspecified atom stereocenters. The zero-order valence-electron chi connectivity index (χ0n) is 13.3. The first-order valence-corrected chi connectivity index (χ1v) is 7.52. The van der Waals surface area contributed by atoms with Gasteiger partial charge in [-0.2, -0.15) is 0 Å². The van der Waals surface area contributed by atoms with Crippen molar-refractivity contribution in [3.63, 3.8) is 0 Å². The van der Waals surface area contributed by atoms with Gasteiger partial charge in [-0.15, -0.1) is 0 Å². The average Bonchev–Trinajstić information content (AvgIpc) is 2.54. The summed E-state index contributed by atoms with van der Waals surface area (Å²) in [6.07, 6.45) is 0.863. The summed E-state index contributed by atoms with van der Waals surface area (Å²) in [5, 5.41) is 5.41. The third-order valence-corrected chi connectivity index (χ3v) is 3.13. The van der Waals surface area contributed by atoms with Crippen LogP contribution in [0.4, 0.5) is 10.5 Å². The zero-order valence-corrected chi connectivity index (χ0v) is 13.3. The van der Waals surface area contributed by atoms with E-state index < -0.39 is 5.97 Å². The van der Waals surface area contributed by atoms with E-state index in [0.717, 1.165) is 12.0 Å². The number of urea groups is 1. The molecule has 2 N–H and O–H groups in total. The highest BCUT2D eigenvalue weighted by molar-refractivity contribution is 5.92. The minimum absolute atomic E-state index is 0.283. The molecule has 5 nitrogen and oxygen atoms in total. The molecule has 0 heterocycles. The van der Waals surface area contributed by atoms with Gasteiger partial charge in [-0.1, -0.05) is 30.7 Å². The Morgan fingerprint density at radius 2 is 1.83 bits per heavy atom. The summed E-state index contributed by atoms with van der Waals surface area (Å²) in [6.45, 7) is 4.53. The highest BCUT2D eigenvalue weighted by atomic mass is 16.5. The van der Waals surface area contributed by atoms with Crippen LogP contribution in [0.1, 0.15) is 29.3 Å². The number of amides is 2. The van der Waals surface area contributed by atoms with Crippen LogP contribution in [0.3, 0.4) is 0 Å². The predicted molar refractivity (Wildman–Crippen MR) is 89.9 cm³/mol. The van der Waals surface area contributed by atoms with Crippen molar-refractivity contribution < 1.29 is 14.3 Å². The second kappa shape index (κ2) is 7.98. The molecule has 5 heteroatoms. The topological polar surface area (TPSA) is 67.4 Å². The molecule has 0 atom stereocenters. The number of carbonyl (C=O) groups is 2. The Morgan fingerprint density at radius 3 is 2.52 bits per heavy atom. The van der Waals surface area contributed by atoms with Gasteiger partial charge in [-0.25, -0.2) is 9.59 Å². The molecule has 2 rings (SSSR count). The smallest absolute Gasteiger partial charge is 0.343 e. The van der Waals surface area contributed by atoms with Crippen LogP contribution in [0.2, 0.25) is 0 Å². The number of carbonyl (C=O) groups excluding carboxylic acids is 2. The molecule has 0 fully saturated rings. The second-order valence-corrected chi connectivity index (χ2v) is 5.16. The molecule has 2 amide bonds. The Hall–Kier alpha value is -2.82. The van der Waals surface area contributed by atoms with Crippen LogP contribution in [0, 0.1) is 6.92 Å². The number of esters is 1. The SMILES string of the molecule is CCCNC(=O)Nc1cccc(OC(=O)c2ccc(C)cc2)c1. The van der Waals surface area contributed by atoms with Gasteiger partial charge in [0, 0.05) is 18.3 Å². The maximum atomic E-state index is 12.1. The lowest BCUT2D eigenvalue weighted by Gasteiger charge is -2.09. The Labute approximate surface area is 135 Å². The lowest BCUT2D eigenvalue weighted by atomic mass is 10.1. The van der Waals surface area contributed by atoms with E-state index in [0.29, 0.717) is 23.5 Å². The predicted octanol–water partition coefficient (Wildman–Crippen LogP) is 3.75. The van der Waals surface area contributed by atoms with E-state index in [1.54, 1.807) is 36.4 Å². The Morgan fingerprint density at radius 1 is 1.09 bits per heavy atom. The van der Waals surface area contributed by atoms with Gasteiger partial charge in [0.05, 0.1) is 5.56 Å². The minimum Gasteiger partial charge on any atom is -0.423 e. The quantitative estimate of drug-likeness (QED) is 0.653. The van der Waals surface area contributed by atoms with Crippen molar-refractivity contribution >= 4 is 17.7 Å². The van der Waals surface area contributed by atoms with E-state index in [-0.39, 0.29) is 6.03 Å². The average molecular weight is 312 g/mol. The van der Waals surface area contributed by atoms with Crippen molar-refractivity contribution in [3.05, 3.63) is 59.7 Å². The molecule has 23 heavy (non-hydrogen) atoms. The first kappa shape index (κ1) is 16.5. The molecule has 120 valence electrons. The monoisotopic (exact) mass is 312 g/mol. The Balaban J connectivity index is 2.00. The molecule has 0 radical (unpaired) electrons. The number of anilines is 1. The molecule has 2 aromatic rings. The van der Waals surface area contributed by atoms with Crippen LogP contribution in [0.5, 0.6) is 5.75 Å². The highest BCUT2D eigenvalue weighted by Crippen LogP contribution is 2.18. The second-order valence-electron chi connectivity index (χ2n) is 5.16. The van der Waals surface area contributed by atoms with Gasteiger partial charge >= 0.3 is 12.0 Å². The van der Waals surface area contributed by atoms with E-state index in [9.17, 15) is 9.59 Å². The van der Waals surface area contributed by atoms with Crippen LogP contribution in [-0.2, 0) is 0 Å². The van der Waals surface area contributed by atoms with Crippen molar-refractivity contribution in [3.8, 4) is 5.75 Å².